The second-order valence-electron chi connectivity index (χ2n) is 8.31. The first kappa shape index (κ1) is 21.8. The molecule has 0 aromatic heterocycles. The van der Waals surface area contributed by atoms with Crippen LogP contribution in [0.15, 0.2) is 72.8 Å². The van der Waals surface area contributed by atoms with Gasteiger partial charge in [0.15, 0.2) is 0 Å². The van der Waals surface area contributed by atoms with Crippen molar-refractivity contribution in [3.05, 3.63) is 101 Å². The van der Waals surface area contributed by atoms with E-state index in [4.69, 9.17) is 11.1 Å². The Hall–Kier alpha value is -3.44. The van der Waals surface area contributed by atoms with Crippen LogP contribution in [0, 0.1) is 5.41 Å². The molecule has 4 rings (SSSR count). The average molecular weight is 427 g/mol. The van der Waals surface area contributed by atoms with Crippen molar-refractivity contribution in [2.24, 2.45) is 5.73 Å². The van der Waals surface area contributed by atoms with E-state index < -0.39 is 0 Å². The average Bonchev–Trinajstić information content (AvgIpc) is 2.83. The molecule has 0 unspecified atom stereocenters. The summed E-state index contributed by atoms with van der Waals surface area (Å²) in [5.41, 5.74) is 12.1. The number of amidine groups is 1. The van der Waals surface area contributed by atoms with Crippen LogP contribution in [0.1, 0.15) is 40.7 Å². The zero-order valence-electron chi connectivity index (χ0n) is 18.3. The Morgan fingerprint density at radius 3 is 2.41 bits per heavy atom. The maximum atomic E-state index is 13.0. The van der Waals surface area contributed by atoms with Gasteiger partial charge in [0.1, 0.15) is 5.84 Å². The van der Waals surface area contributed by atoms with E-state index in [-0.39, 0.29) is 11.7 Å². The van der Waals surface area contributed by atoms with E-state index in [1.807, 2.05) is 35.2 Å². The van der Waals surface area contributed by atoms with E-state index in [2.05, 4.69) is 47.8 Å². The van der Waals surface area contributed by atoms with Crippen molar-refractivity contribution < 1.29 is 4.79 Å². The number of hydrogen-bond acceptors (Lipinski definition) is 3. The Morgan fingerprint density at radius 2 is 1.66 bits per heavy atom. The van der Waals surface area contributed by atoms with E-state index in [1.54, 1.807) is 0 Å². The van der Waals surface area contributed by atoms with Crippen molar-refractivity contribution in [2.75, 3.05) is 11.4 Å². The van der Waals surface area contributed by atoms with Gasteiger partial charge in [0.05, 0.1) is 0 Å². The van der Waals surface area contributed by atoms with Gasteiger partial charge < -0.3 is 16.0 Å². The molecule has 0 saturated carbocycles. The van der Waals surface area contributed by atoms with Crippen LogP contribution in [0.5, 0.6) is 0 Å². The summed E-state index contributed by atoms with van der Waals surface area (Å²) in [6.07, 6.45) is 3.16. The van der Waals surface area contributed by atoms with Crippen molar-refractivity contribution in [3.8, 4) is 0 Å². The molecule has 0 saturated heterocycles. The van der Waals surface area contributed by atoms with E-state index in [0.29, 0.717) is 18.4 Å². The second kappa shape index (κ2) is 10.2. The number of nitrogens with zero attached hydrogens (tertiary/aromatic N) is 1. The highest BCUT2D eigenvalue weighted by molar-refractivity contribution is 5.95. The molecule has 1 aliphatic heterocycles. The van der Waals surface area contributed by atoms with Gasteiger partial charge in [0.25, 0.3) is 0 Å². The molecule has 32 heavy (non-hydrogen) atoms. The summed E-state index contributed by atoms with van der Waals surface area (Å²) in [5.74, 6) is 0.226. The van der Waals surface area contributed by atoms with E-state index in [1.165, 1.54) is 16.7 Å². The lowest BCUT2D eigenvalue weighted by Crippen LogP contribution is -2.35. The molecular formula is C27H30N4O. The van der Waals surface area contributed by atoms with Crippen molar-refractivity contribution in [2.45, 2.75) is 38.8 Å². The first-order chi connectivity index (χ1) is 15.6. The second-order valence-corrected chi connectivity index (χ2v) is 8.31. The summed E-state index contributed by atoms with van der Waals surface area (Å²) in [7, 11) is 0. The molecule has 3 aromatic rings. The number of nitrogens with one attached hydrogen (secondary N) is 2. The summed E-state index contributed by atoms with van der Waals surface area (Å²) in [5, 5.41) is 11.0. The van der Waals surface area contributed by atoms with Crippen molar-refractivity contribution >= 4 is 17.4 Å². The predicted octanol–water partition coefficient (Wildman–Crippen LogP) is 4.17. The Labute approximate surface area is 189 Å². The van der Waals surface area contributed by atoms with E-state index in [0.717, 1.165) is 43.7 Å². The van der Waals surface area contributed by atoms with E-state index in [9.17, 15) is 4.79 Å². The number of nitrogen functional groups attached to an aromatic ring is 1. The smallest absolute Gasteiger partial charge is 0.227 e. The van der Waals surface area contributed by atoms with Crippen LogP contribution >= 0.6 is 0 Å². The summed E-state index contributed by atoms with van der Waals surface area (Å²) >= 11 is 0. The third kappa shape index (κ3) is 5.42. The molecule has 0 fully saturated rings. The first-order valence-corrected chi connectivity index (χ1v) is 11.2. The number of carbonyl (C=O) groups excluding carboxylic acids is 1. The molecule has 0 bridgehead atoms. The molecule has 0 aliphatic carbocycles. The molecule has 0 radical (unpaired) electrons. The molecule has 1 amide bonds. The Morgan fingerprint density at radius 1 is 0.938 bits per heavy atom. The van der Waals surface area contributed by atoms with Gasteiger partial charge in [-0.15, -0.1) is 0 Å². The number of amides is 1. The Balaban J connectivity index is 1.35. The van der Waals surface area contributed by atoms with Crippen LogP contribution in [0.4, 0.5) is 5.69 Å². The van der Waals surface area contributed by atoms with Crippen LogP contribution in [0.2, 0.25) is 0 Å². The molecule has 1 heterocycles. The van der Waals surface area contributed by atoms with Gasteiger partial charge in [-0.3, -0.25) is 10.2 Å². The van der Waals surface area contributed by atoms with Gasteiger partial charge in [0.2, 0.25) is 5.91 Å². The maximum absolute atomic E-state index is 13.0. The van der Waals surface area contributed by atoms with Gasteiger partial charge in [-0.1, -0.05) is 66.7 Å². The normalized spacial score (nSPS) is 12.9. The molecular weight excluding hydrogens is 396 g/mol. The van der Waals surface area contributed by atoms with Gasteiger partial charge in [-0.2, -0.15) is 0 Å². The lowest BCUT2D eigenvalue weighted by molar-refractivity contribution is -0.118. The quantitative estimate of drug-likeness (QED) is 0.373. The largest absolute Gasteiger partial charge is 0.384 e. The first-order valence-electron chi connectivity index (χ1n) is 11.2. The van der Waals surface area contributed by atoms with Gasteiger partial charge in [0, 0.05) is 37.3 Å². The predicted molar refractivity (Wildman–Crippen MR) is 130 cm³/mol. The highest BCUT2D eigenvalue weighted by Gasteiger charge is 2.22. The van der Waals surface area contributed by atoms with Crippen molar-refractivity contribution in [3.63, 3.8) is 0 Å². The summed E-state index contributed by atoms with van der Waals surface area (Å²) in [6.45, 7) is 2.43. The SMILES string of the molecule is N=C(N)c1ccc(CCC(=O)N2CCCc3cc(CNCc4ccccc4)ccc32)cc1. The van der Waals surface area contributed by atoms with Crippen molar-refractivity contribution in [1.29, 1.82) is 5.41 Å². The van der Waals surface area contributed by atoms with Gasteiger partial charge >= 0.3 is 0 Å². The number of nitrogens with two attached hydrogens (primary N) is 1. The van der Waals surface area contributed by atoms with Crippen LogP contribution in [0.3, 0.4) is 0 Å². The van der Waals surface area contributed by atoms with Crippen LogP contribution < -0.4 is 16.0 Å². The Bertz CT molecular complexity index is 1080. The summed E-state index contributed by atoms with van der Waals surface area (Å²) in [4.78, 5) is 14.9. The number of carbonyl (C=O) groups is 1. The summed E-state index contributed by atoms with van der Waals surface area (Å²) < 4.78 is 0. The molecule has 1 aliphatic rings. The fourth-order valence-electron chi connectivity index (χ4n) is 4.20. The third-order valence-corrected chi connectivity index (χ3v) is 5.96. The number of hydrogen-bond donors (Lipinski definition) is 3. The standard InChI is InChI=1S/C27H30N4O/c28-27(29)23-12-8-20(9-13-23)11-15-26(32)31-16-4-7-24-17-22(10-14-25(24)31)19-30-18-21-5-2-1-3-6-21/h1-3,5-6,8-10,12-14,17,30H,4,7,11,15-16,18-19H2,(H3,28,29). The van der Waals surface area contributed by atoms with Crippen LogP contribution in [-0.4, -0.2) is 18.3 Å². The van der Waals surface area contributed by atoms with Gasteiger partial charge in [-0.05, 0) is 47.6 Å². The minimum absolute atomic E-state index is 0.0622. The van der Waals surface area contributed by atoms with Gasteiger partial charge in [-0.25, -0.2) is 0 Å². The summed E-state index contributed by atoms with van der Waals surface area (Å²) in [6, 6.07) is 24.4. The van der Waals surface area contributed by atoms with E-state index >= 15 is 0 Å². The minimum atomic E-state index is 0.0622. The Kier molecular flexibility index (Phi) is 6.97. The number of aryl methyl sites for hydroxylation is 2. The van der Waals surface area contributed by atoms with Crippen LogP contribution in [-0.2, 0) is 30.7 Å². The lowest BCUT2D eigenvalue weighted by atomic mass is 9.98. The fraction of sp³-hybridized carbons (Fsp3) is 0.259. The maximum Gasteiger partial charge on any atom is 0.227 e. The molecule has 4 N–H and O–H groups in total. The number of anilines is 1. The molecule has 5 heteroatoms. The molecule has 3 aromatic carbocycles. The lowest BCUT2D eigenvalue weighted by Gasteiger charge is -2.30. The van der Waals surface area contributed by atoms with Crippen molar-refractivity contribution in [1.82, 2.24) is 5.32 Å². The molecule has 0 atom stereocenters. The number of benzene rings is 3. The van der Waals surface area contributed by atoms with Crippen LogP contribution in [0.25, 0.3) is 0 Å². The zero-order chi connectivity index (χ0) is 22.3. The third-order valence-electron chi connectivity index (χ3n) is 5.96. The molecule has 5 nitrogen and oxygen atoms in total. The molecule has 164 valence electrons. The monoisotopic (exact) mass is 426 g/mol. The highest BCUT2D eigenvalue weighted by atomic mass is 16.2. The number of rotatable bonds is 8. The highest BCUT2D eigenvalue weighted by Crippen LogP contribution is 2.29. The topological polar surface area (TPSA) is 82.2 Å². The zero-order valence-corrected chi connectivity index (χ0v) is 18.3. The fourth-order valence-corrected chi connectivity index (χ4v) is 4.20. The molecule has 0 spiro atoms. The number of fused-ring (bicyclic) bond motifs is 1. The minimum Gasteiger partial charge on any atom is -0.384 e.